The maximum absolute atomic E-state index is 12.5. The number of amides is 2. The van der Waals surface area contributed by atoms with Gasteiger partial charge in [0, 0.05) is 43.1 Å². The van der Waals surface area contributed by atoms with E-state index in [0.29, 0.717) is 17.7 Å². The quantitative estimate of drug-likeness (QED) is 0.126. The Balaban J connectivity index is 0.000000341. The molecular formula is C40H69ClN8O8S2. The number of aromatic nitrogens is 2. The Morgan fingerprint density at radius 1 is 0.746 bits per heavy atom. The van der Waals surface area contributed by atoms with Crippen LogP contribution in [0, 0.1) is 11.8 Å². The van der Waals surface area contributed by atoms with Gasteiger partial charge < -0.3 is 30.3 Å². The lowest BCUT2D eigenvalue weighted by molar-refractivity contribution is 0.0118. The second kappa shape index (κ2) is 21.5. The second-order valence-electron chi connectivity index (χ2n) is 18.4. The van der Waals surface area contributed by atoms with Crippen molar-refractivity contribution in [3.63, 3.8) is 0 Å². The number of halogens is 1. The topological polar surface area (TPSA) is 243 Å². The van der Waals surface area contributed by atoms with Crippen molar-refractivity contribution in [1.82, 2.24) is 19.8 Å². The smallest absolute Gasteiger partial charge is 0.410 e. The zero-order valence-electron chi connectivity index (χ0n) is 36.6. The van der Waals surface area contributed by atoms with Crippen LogP contribution in [0.25, 0.3) is 0 Å². The molecule has 0 aromatic carbocycles. The van der Waals surface area contributed by atoms with Crippen molar-refractivity contribution in [3.05, 3.63) is 41.8 Å². The first-order valence-corrected chi connectivity index (χ1v) is 23.5. The Hall–Kier alpha value is -3.29. The average molecular weight is 890 g/mol. The lowest BCUT2D eigenvalue weighted by atomic mass is 9.93. The summed E-state index contributed by atoms with van der Waals surface area (Å²) < 4.78 is 54.8. The maximum atomic E-state index is 12.5. The number of primary sulfonamides is 2. The summed E-state index contributed by atoms with van der Waals surface area (Å²) in [6, 6.07) is 5.71. The van der Waals surface area contributed by atoms with Crippen LogP contribution in [0.4, 0.5) is 15.4 Å². The number of hydrogen-bond donors (Lipinski definition) is 4. The molecule has 4 rings (SSSR count). The number of nitrogens with one attached hydrogen (secondary N) is 1. The average Bonchev–Trinajstić information content (AvgIpc) is 3.56. The van der Waals surface area contributed by atoms with E-state index in [9.17, 15) is 26.4 Å². The van der Waals surface area contributed by atoms with Crippen LogP contribution in [0.15, 0.2) is 46.5 Å². The summed E-state index contributed by atoms with van der Waals surface area (Å²) >= 11 is 5.42. The number of ether oxygens (including phenoxy) is 2. The number of anilines is 1. The highest BCUT2D eigenvalue weighted by atomic mass is 35.5. The number of hydrogen-bond acceptors (Lipinski definition) is 12. The normalized spacial score (nSPS) is 18.9. The largest absolute Gasteiger partial charge is 0.444 e. The molecule has 2 amide bonds. The first kappa shape index (κ1) is 51.8. The van der Waals surface area contributed by atoms with E-state index in [4.69, 9.17) is 37.1 Å². The minimum Gasteiger partial charge on any atom is -0.444 e. The van der Waals surface area contributed by atoms with Crippen LogP contribution < -0.4 is 21.3 Å². The molecule has 2 aliphatic rings. The van der Waals surface area contributed by atoms with Gasteiger partial charge in [-0.05, 0) is 150 Å². The van der Waals surface area contributed by atoms with E-state index in [2.05, 4.69) is 43.0 Å². The Kier molecular flexibility index (Phi) is 18.9. The number of nitrogens with two attached hydrogens (primary N) is 3. The number of pyridine rings is 2. The number of likely N-dealkylation sites (tertiary alicyclic amines) is 2. The molecular weight excluding hydrogens is 820 g/mol. The molecule has 0 aliphatic carbocycles. The fourth-order valence-electron chi connectivity index (χ4n) is 6.97. The van der Waals surface area contributed by atoms with Gasteiger partial charge in [-0.25, -0.2) is 46.7 Å². The summed E-state index contributed by atoms with van der Waals surface area (Å²) in [7, 11) is -7.36. The fourth-order valence-corrected chi connectivity index (χ4v) is 8.00. The maximum Gasteiger partial charge on any atom is 0.410 e. The molecule has 2 aromatic rings. The van der Waals surface area contributed by atoms with Gasteiger partial charge in [-0.15, -0.1) is 0 Å². The lowest BCUT2D eigenvalue weighted by Crippen LogP contribution is -2.45. The number of sulfonamides is 2. The van der Waals surface area contributed by atoms with Crippen LogP contribution in [-0.2, 0) is 29.5 Å². The van der Waals surface area contributed by atoms with Gasteiger partial charge in [0.2, 0.25) is 20.0 Å². The molecule has 19 heteroatoms. The number of unbranched alkanes of at least 4 members (excludes halogenated alkanes) is 2. The van der Waals surface area contributed by atoms with Crippen LogP contribution in [0.1, 0.15) is 121 Å². The standard InChI is InChI=1S/C20H34N4O4S.C15H30N2O2.C5H5ClN2O2S/c1-19(2,3)28-18(25)24-14-15(12-20(24,4)5)8-6-7-11-22-17-10-9-16(13-23-17)29(21,26)27;1-14(2,3)19-13(18)17-11-12(8-6-7-9-16)10-15(17,4)5;6-5-2-1-4(3-8-5)11(7,9)10/h9-10,13,15H,6-8,11-12,14H2,1-5H3,(H,22,23)(H2,21,26,27);12H,6-11,16H2,1-5H3;1-3H,(H2,7,9,10). The van der Waals surface area contributed by atoms with Crippen LogP contribution in [-0.4, -0.2) is 97.2 Å². The van der Waals surface area contributed by atoms with Crippen molar-refractivity contribution in [2.45, 2.75) is 153 Å². The summed E-state index contributed by atoms with van der Waals surface area (Å²) in [4.78, 5) is 36.1. The molecule has 2 fully saturated rings. The highest BCUT2D eigenvalue weighted by Gasteiger charge is 2.43. The Morgan fingerprint density at radius 3 is 1.53 bits per heavy atom. The molecule has 4 heterocycles. The third kappa shape index (κ3) is 18.9. The summed E-state index contributed by atoms with van der Waals surface area (Å²) in [5.74, 6) is 1.66. The molecule has 2 aromatic heterocycles. The monoisotopic (exact) mass is 888 g/mol. The molecule has 7 N–H and O–H groups in total. The Morgan fingerprint density at radius 2 is 1.17 bits per heavy atom. The van der Waals surface area contributed by atoms with Crippen molar-refractivity contribution < 1.29 is 35.9 Å². The predicted molar refractivity (Wildman–Crippen MR) is 232 cm³/mol. The van der Waals surface area contributed by atoms with E-state index < -0.39 is 31.2 Å². The third-order valence-electron chi connectivity index (χ3n) is 9.65. The Labute approximate surface area is 357 Å². The van der Waals surface area contributed by atoms with Gasteiger partial charge in [-0.1, -0.05) is 24.4 Å². The number of carbonyl (C=O) groups is 2. The van der Waals surface area contributed by atoms with Crippen LogP contribution in [0.5, 0.6) is 0 Å². The van der Waals surface area contributed by atoms with E-state index >= 15 is 0 Å². The highest BCUT2D eigenvalue weighted by molar-refractivity contribution is 7.89. The van der Waals surface area contributed by atoms with Crippen molar-refractivity contribution in [2.24, 2.45) is 27.8 Å². The van der Waals surface area contributed by atoms with E-state index in [1.165, 1.54) is 24.4 Å². The summed E-state index contributed by atoms with van der Waals surface area (Å²) in [6.45, 7) is 22.9. The minimum atomic E-state index is -3.72. The number of rotatable bonds is 12. The number of nitrogens with zero attached hydrogens (tertiary/aromatic N) is 4. The molecule has 2 saturated heterocycles. The molecule has 16 nitrogen and oxygen atoms in total. The zero-order chi connectivity index (χ0) is 45.0. The second-order valence-corrected chi connectivity index (χ2v) is 21.9. The first-order chi connectivity index (χ1) is 26.9. The van der Waals surface area contributed by atoms with Crippen molar-refractivity contribution in [3.8, 4) is 0 Å². The van der Waals surface area contributed by atoms with Crippen molar-refractivity contribution in [2.75, 3.05) is 31.5 Å². The molecule has 336 valence electrons. The first-order valence-electron chi connectivity index (χ1n) is 20.0. The molecule has 2 aliphatic heterocycles. The molecule has 59 heavy (non-hydrogen) atoms. The Bertz CT molecular complexity index is 1870. The van der Waals surface area contributed by atoms with Gasteiger partial charge in [-0.3, -0.25) is 0 Å². The van der Waals surface area contributed by atoms with E-state index in [0.717, 1.165) is 83.7 Å². The minimum absolute atomic E-state index is 0.00133. The van der Waals surface area contributed by atoms with Gasteiger partial charge in [0.1, 0.15) is 32.0 Å². The third-order valence-corrected chi connectivity index (χ3v) is 11.7. The lowest BCUT2D eigenvalue weighted by Gasteiger charge is -2.33. The molecule has 0 radical (unpaired) electrons. The summed E-state index contributed by atoms with van der Waals surface area (Å²) in [6.07, 6.45) is 10.4. The fraction of sp³-hybridized carbons (Fsp3) is 0.700. The SMILES string of the molecule is CC(C)(C)OC(=O)N1CC(CCCCN)CC1(C)C.CC(C)(C)OC(=O)N1CC(CCCCNc2ccc(S(N)(=O)=O)cn2)CC1(C)C.NS(=O)(=O)c1ccc(Cl)nc1. The van der Waals surface area contributed by atoms with Gasteiger partial charge in [-0.2, -0.15) is 0 Å². The van der Waals surface area contributed by atoms with E-state index in [1.54, 1.807) is 6.07 Å². The van der Waals surface area contributed by atoms with Crippen molar-refractivity contribution in [1.29, 1.82) is 0 Å². The van der Waals surface area contributed by atoms with Gasteiger partial charge in [0.15, 0.2) is 0 Å². The predicted octanol–water partition coefficient (Wildman–Crippen LogP) is 6.88. The highest BCUT2D eigenvalue weighted by Crippen LogP contribution is 2.37. The molecule has 2 atom stereocenters. The van der Waals surface area contributed by atoms with Gasteiger partial charge >= 0.3 is 12.2 Å². The van der Waals surface area contributed by atoms with Crippen molar-refractivity contribution >= 4 is 49.7 Å². The molecule has 2 unspecified atom stereocenters. The van der Waals surface area contributed by atoms with Gasteiger partial charge in [0.05, 0.1) is 0 Å². The van der Waals surface area contributed by atoms with Gasteiger partial charge in [0.25, 0.3) is 0 Å². The molecule has 0 bridgehead atoms. The summed E-state index contributed by atoms with van der Waals surface area (Å²) in [5.41, 5.74) is 4.32. The number of carbonyl (C=O) groups excluding carboxylic acids is 2. The zero-order valence-corrected chi connectivity index (χ0v) is 39.0. The van der Waals surface area contributed by atoms with Crippen LogP contribution >= 0.6 is 11.6 Å². The molecule has 0 spiro atoms. The molecule has 0 saturated carbocycles. The van der Waals surface area contributed by atoms with Crippen LogP contribution in [0.3, 0.4) is 0 Å². The summed E-state index contributed by atoms with van der Waals surface area (Å²) in [5, 5.41) is 13.3. The van der Waals surface area contributed by atoms with Crippen LogP contribution in [0.2, 0.25) is 5.15 Å². The van der Waals surface area contributed by atoms with E-state index in [1.807, 2.05) is 51.3 Å². The van der Waals surface area contributed by atoms with E-state index in [-0.39, 0.29) is 38.2 Å².